The highest BCUT2D eigenvalue weighted by Crippen LogP contribution is 2.23. The molecular formula is C29H30F6. The molecule has 0 aromatic heterocycles. The molecule has 0 N–H and O–H groups in total. The van der Waals surface area contributed by atoms with Gasteiger partial charge in [-0.25, -0.2) is 26.3 Å². The molecule has 0 unspecified atom stereocenters. The molecule has 0 heterocycles. The van der Waals surface area contributed by atoms with Crippen LogP contribution < -0.4 is 0 Å². The van der Waals surface area contributed by atoms with Crippen LogP contribution in [0.25, 0.3) is 0 Å². The van der Waals surface area contributed by atoms with Gasteiger partial charge in [0, 0.05) is 16.7 Å². The van der Waals surface area contributed by atoms with Gasteiger partial charge >= 0.3 is 0 Å². The Hall–Kier alpha value is -2.76. The first-order chi connectivity index (χ1) is 16.7. The van der Waals surface area contributed by atoms with Gasteiger partial charge < -0.3 is 0 Å². The van der Waals surface area contributed by atoms with Crippen molar-refractivity contribution in [3.05, 3.63) is 105 Å². The fourth-order valence-electron chi connectivity index (χ4n) is 4.30. The second-order valence-electron chi connectivity index (χ2n) is 8.97. The van der Waals surface area contributed by atoms with Crippen molar-refractivity contribution in [1.82, 2.24) is 0 Å². The fraction of sp³-hybridized carbons (Fsp3) is 0.379. The van der Waals surface area contributed by atoms with Gasteiger partial charge in [-0.2, -0.15) is 0 Å². The average molecular weight is 493 g/mol. The molecule has 3 aromatic rings. The monoisotopic (exact) mass is 492 g/mol. The van der Waals surface area contributed by atoms with Crippen LogP contribution in [0.1, 0.15) is 66.5 Å². The van der Waals surface area contributed by atoms with Crippen LogP contribution in [0, 0.1) is 34.9 Å². The van der Waals surface area contributed by atoms with Crippen molar-refractivity contribution in [2.24, 2.45) is 0 Å². The maximum Gasteiger partial charge on any atom is 0.129 e. The normalized spacial score (nSPS) is 11.3. The van der Waals surface area contributed by atoms with Crippen molar-refractivity contribution < 1.29 is 26.3 Å². The number of benzene rings is 3. The first kappa shape index (κ1) is 26.8. The van der Waals surface area contributed by atoms with Gasteiger partial charge in [-0.1, -0.05) is 26.7 Å². The molecule has 0 bridgehead atoms. The minimum absolute atomic E-state index is 0.0326. The van der Waals surface area contributed by atoms with Crippen molar-refractivity contribution >= 4 is 0 Å². The van der Waals surface area contributed by atoms with E-state index in [9.17, 15) is 26.3 Å². The summed E-state index contributed by atoms with van der Waals surface area (Å²) < 4.78 is 86.5. The lowest BCUT2D eigenvalue weighted by Gasteiger charge is -2.11. The van der Waals surface area contributed by atoms with Gasteiger partial charge in [0.25, 0.3) is 0 Å². The number of rotatable bonds is 11. The average Bonchev–Trinajstić information content (AvgIpc) is 2.77. The minimum atomic E-state index is -0.792. The quantitative estimate of drug-likeness (QED) is 0.236. The summed E-state index contributed by atoms with van der Waals surface area (Å²) >= 11 is 0. The van der Waals surface area contributed by atoms with Crippen molar-refractivity contribution in [2.45, 2.75) is 71.6 Å². The van der Waals surface area contributed by atoms with Crippen molar-refractivity contribution in [3.8, 4) is 0 Å². The molecular weight excluding hydrogens is 462 g/mol. The summed E-state index contributed by atoms with van der Waals surface area (Å²) in [5, 5.41) is 0. The van der Waals surface area contributed by atoms with E-state index in [1.165, 1.54) is 24.3 Å². The zero-order valence-electron chi connectivity index (χ0n) is 20.1. The van der Waals surface area contributed by atoms with Gasteiger partial charge in [-0.05, 0) is 98.0 Å². The van der Waals surface area contributed by atoms with Crippen LogP contribution in [0.2, 0.25) is 0 Å². The molecule has 0 aliphatic rings. The summed E-state index contributed by atoms with van der Waals surface area (Å²) in [5.74, 6) is -4.20. The van der Waals surface area contributed by atoms with Crippen LogP contribution in [0.3, 0.4) is 0 Å². The van der Waals surface area contributed by atoms with Gasteiger partial charge in [0.1, 0.15) is 34.9 Å². The van der Waals surface area contributed by atoms with E-state index in [2.05, 4.69) is 0 Å². The largest absolute Gasteiger partial charge is 0.207 e. The van der Waals surface area contributed by atoms with E-state index in [0.717, 1.165) is 25.0 Å². The molecule has 0 saturated carbocycles. The molecule has 0 aliphatic heterocycles. The lowest BCUT2D eigenvalue weighted by molar-refractivity contribution is 0.540. The maximum atomic E-state index is 14.7. The number of hydrogen-bond acceptors (Lipinski definition) is 0. The number of unbranched alkanes of at least 4 members (excludes halogenated alkanes) is 1. The summed E-state index contributed by atoms with van der Waals surface area (Å²) in [4.78, 5) is 0. The Labute approximate surface area is 203 Å². The molecule has 0 saturated heterocycles. The van der Waals surface area contributed by atoms with E-state index < -0.39 is 34.9 Å². The third kappa shape index (κ3) is 6.89. The second kappa shape index (κ2) is 12.3. The van der Waals surface area contributed by atoms with Gasteiger partial charge in [0.15, 0.2) is 0 Å². The van der Waals surface area contributed by atoms with E-state index in [1.807, 2.05) is 13.8 Å². The molecule has 3 aromatic carbocycles. The standard InChI is InChI=1S/C29H30F6/c1-3-5-7-21-24(30)14-19(15-25(21)31)8-11-23-28(34)16-20(17-29(23)35)9-10-22-26(32)12-18(6-4-2)13-27(22)33/h12-17H,3-11H2,1-2H3. The summed E-state index contributed by atoms with van der Waals surface area (Å²) in [7, 11) is 0. The van der Waals surface area contributed by atoms with Crippen molar-refractivity contribution in [2.75, 3.05) is 0 Å². The molecule has 0 atom stereocenters. The smallest absolute Gasteiger partial charge is 0.129 e. The van der Waals surface area contributed by atoms with Crippen molar-refractivity contribution in [1.29, 1.82) is 0 Å². The number of aryl methyl sites for hydroxylation is 3. The third-order valence-electron chi connectivity index (χ3n) is 6.25. The van der Waals surface area contributed by atoms with Crippen LogP contribution in [-0.2, 0) is 38.5 Å². The Balaban J connectivity index is 1.68. The Morgan fingerprint density at radius 1 is 0.400 bits per heavy atom. The second-order valence-corrected chi connectivity index (χ2v) is 8.97. The highest BCUT2D eigenvalue weighted by atomic mass is 19.2. The predicted molar refractivity (Wildman–Crippen MR) is 126 cm³/mol. The first-order valence-corrected chi connectivity index (χ1v) is 12.1. The molecule has 3 rings (SSSR count). The van der Waals surface area contributed by atoms with Crippen LogP contribution >= 0.6 is 0 Å². The summed E-state index contributed by atoms with van der Waals surface area (Å²) in [6.45, 7) is 3.84. The highest BCUT2D eigenvalue weighted by molar-refractivity contribution is 5.32. The highest BCUT2D eigenvalue weighted by Gasteiger charge is 2.16. The maximum absolute atomic E-state index is 14.7. The lowest BCUT2D eigenvalue weighted by atomic mass is 9.97. The molecule has 0 fully saturated rings. The van der Waals surface area contributed by atoms with E-state index in [-0.39, 0.29) is 47.9 Å². The van der Waals surface area contributed by atoms with Gasteiger partial charge in [-0.15, -0.1) is 0 Å². The molecule has 6 heteroatoms. The van der Waals surface area contributed by atoms with Crippen LogP contribution in [-0.4, -0.2) is 0 Å². The lowest BCUT2D eigenvalue weighted by Crippen LogP contribution is -2.05. The van der Waals surface area contributed by atoms with E-state index >= 15 is 0 Å². The summed E-state index contributed by atoms with van der Waals surface area (Å²) in [6.07, 6.45) is 3.12. The minimum Gasteiger partial charge on any atom is -0.207 e. The van der Waals surface area contributed by atoms with Crippen LogP contribution in [0.15, 0.2) is 36.4 Å². The Morgan fingerprint density at radius 3 is 1.03 bits per heavy atom. The van der Waals surface area contributed by atoms with Crippen LogP contribution in [0.4, 0.5) is 26.3 Å². The van der Waals surface area contributed by atoms with Crippen LogP contribution in [0.5, 0.6) is 0 Å². The molecule has 0 nitrogen and oxygen atoms in total. The molecule has 188 valence electrons. The Kier molecular flexibility index (Phi) is 9.41. The Bertz CT molecular complexity index is 1100. The van der Waals surface area contributed by atoms with Crippen molar-refractivity contribution in [3.63, 3.8) is 0 Å². The molecule has 0 amide bonds. The SMILES string of the molecule is CCCCc1c(F)cc(CCc2c(F)cc(CCc3c(F)cc(CCC)cc3F)cc2F)cc1F. The first-order valence-electron chi connectivity index (χ1n) is 12.1. The zero-order chi connectivity index (χ0) is 25.5. The van der Waals surface area contributed by atoms with E-state index in [4.69, 9.17) is 0 Å². The van der Waals surface area contributed by atoms with Gasteiger partial charge in [0.2, 0.25) is 0 Å². The van der Waals surface area contributed by atoms with Gasteiger partial charge in [-0.3, -0.25) is 0 Å². The van der Waals surface area contributed by atoms with Gasteiger partial charge in [0.05, 0.1) is 0 Å². The molecule has 0 aliphatic carbocycles. The zero-order valence-corrected chi connectivity index (χ0v) is 20.1. The molecule has 0 radical (unpaired) electrons. The summed E-state index contributed by atoms with van der Waals surface area (Å²) in [5.41, 5.74) is 0.901. The molecule has 0 spiro atoms. The Morgan fingerprint density at radius 2 is 0.714 bits per heavy atom. The third-order valence-corrected chi connectivity index (χ3v) is 6.25. The number of halogens is 6. The van der Waals surface area contributed by atoms with E-state index in [1.54, 1.807) is 0 Å². The molecule has 35 heavy (non-hydrogen) atoms. The number of hydrogen-bond donors (Lipinski definition) is 0. The topological polar surface area (TPSA) is 0 Å². The fourth-order valence-corrected chi connectivity index (χ4v) is 4.30. The predicted octanol–water partition coefficient (Wildman–Crippen LogP) is 8.39. The van der Waals surface area contributed by atoms with E-state index in [0.29, 0.717) is 30.4 Å². The summed E-state index contributed by atoms with van der Waals surface area (Å²) in [6, 6.07) is 7.33.